The minimum atomic E-state index is -0.704. The van der Waals surface area contributed by atoms with Crippen LogP contribution in [-0.4, -0.2) is 23.7 Å². The molecular weight excluding hydrogens is 190 g/mol. The van der Waals surface area contributed by atoms with Gasteiger partial charge in [0.1, 0.15) is 0 Å². The molecule has 1 rings (SSSR count). The normalized spacial score (nSPS) is 29.5. The fourth-order valence-corrected chi connectivity index (χ4v) is 2.12. The summed E-state index contributed by atoms with van der Waals surface area (Å²) in [5.41, 5.74) is 0. The van der Waals surface area contributed by atoms with Gasteiger partial charge in [0.15, 0.2) is 0 Å². The first kappa shape index (κ1) is 12.5. The van der Waals surface area contributed by atoms with Crippen LogP contribution in [-0.2, 0) is 4.79 Å². The molecule has 0 heterocycles. The minimum Gasteiger partial charge on any atom is -0.481 e. The van der Waals surface area contributed by atoms with Gasteiger partial charge in [-0.2, -0.15) is 0 Å². The van der Waals surface area contributed by atoms with E-state index in [4.69, 9.17) is 5.11 Å². The van der Waals surface area contributed by atoms with Crippen LogP contribution in [0.25, 0.3) is 0 Å². The zero-order chi connectivity index (χ0) is 11.3. The Morgan fingerprint density at radius 1 is 1.40 bits per heavy atom. The molecule has 1 saturated carbocycles. The summed E-state index contributed by atoms with van der Waals surface area (Å²) in [6.07, 6.45) is 6.29. The van der Waals surface area contributed by atoms with Gasteiger partial charge in [-0.3, -0.25) is 4.79 Å². The molecule has 0 aromatic carbocycles. The molecule has 3 nitrogen and oxygen atoms in total. The third-order valence-corrected chi connectivity index (χ3v) is 3.39. The van der Waals surface area contributed by atoms with E-state index in [1.807, 2.05) is 0 Å². The molecule has 0 aliphatic heterocycles. The molecule has 15 heavy (non-hydrogen) atoms. The molecule has 2 N–H and O–H groups in total. The van der Waals surface area contributed by atoms with Crippen LogP contribution in [0.2, 0.25) is 0 Å². The highest BCUT2D eigenvalue weighted by Gasteiger charge is 2.17. The second-order valence-corrected chi connectivity index (χ2v) is 4.96. The van der Waals surface area contributed by atoms with Gasteiger partial charge in [-0.15, -0.1) is 0 Å². The van der Waals surface area contributed by atoms with E-state index in [2.05, 4.69) is 12.2 Å². The lowest BCUT2D eigenvalue weighted by atomic mass is 10.0. The van der Waals surface area contributed by atoms with Crippen LogP contribution < -0.4 is 5.32 Å². The van der Waals surface area contributed by atoms with Crippen molar-refractivity contribution in [1.29, 1.82) is 0 Å². The molecule has 1 aliphatic rings. The van der Waals surface area contributed by atoms with E-state index in [9.17, 15) is 4.79 Å². The van der Waals surface area contributed by atoms with Crippen molar-refractivity contribution < 1.29 is 9.90 Å². The fourth-order valence-electron chi connectivity index (χ4n) is 2.12. The third-order valence-electron chi connectivity index (χ3n) is 3.39. The lowest BCUT2D eigenvalue weighted by molar-refractivity contribution is -0.141. The van der Waals surface area contributed by atoms with E-state index in [-0.39, 0.29) is 5.92 Å². The molecule has 3 unspecified atom stereocenters. The van der Waals surface area contributed by atoms with Crippen LogP contribution >= 0.6 is 0 Å². The summed E-state index contributed by atoms with van der Waals surface area (Å²) < 4.78 is 0. The molecule has 88 valence electrons. The maximum atomic E-state index is 10.7. The van der Waals surface area contributed by atoms with E-state index in [0.29, 0.717) is 12.6 Å². The Bertz CT molecular complexity index is 206. The number of carboxylic acid groups (broad SMARTS) is 1. The summed E-state index contributed by atoms with van der Waals surface area (Å²) in [5.74, 6) is -0.135. The average Bonchev–Trinajstić information content (AvgIpc) is 2.39. The van der Waals surface area contributed by atoms with Gasteiger partial charge in [0.05, 0.1) is 5.92 Å². The molecule has 0 radical (unpaired) electrons. The second kappa shape index (κ2) is 6.11. The van der Waals surface area contributed by atoms with Crippen molar-refractivity contribution in [3.63, 3.8) is 0 Å². The summed E-state index contributed by atoms with van der Waals surface area (Å²) in [4.78, 5) is 10.7. The van der Waals surface area contributed by atoms with Crippen LogP contribution in [0.5, 0.6) is 0 Å². The smallest absolute Gasteiger partial charge is 0.307 e. The van der Waals surface area contributed by atoms with Gasteiger partial charge in [0.25, 0.3) is 0 Å². The Morgan fingerprint density at radius 2 is 2.13 bits per heavy atom. The van der Waals surface area contributed by atoms with Crippen molar-refractivity contribution in [2.24, 2.45) is 11.8 Å². The lowest BCUT2D eigenvalue weighted by Crippen LogP contribution is -2.34. The summed E-state index contributed by atoms with van der Waals surface area (Å²) in [5, 5.41) is 12.2. The molecule has 0 spiro atoms. The molecule has 0 aromatic rings. The van der Waals surface area contributed by atoms with Crippen molar-refractivity contribution in [3.05, 3.63) is 0 Å². The summed E-state index contributed by atoms with van der Waals surface area (Å²) in [6, 6.07) is 0.539. The highest BCUT2D eigenvalue weighted by molar-refractivity contribution is 5.69. The number of hydrogen-bond donors (Lipinski definition) is 2. The van der Waals surface area contributed by atoms with E-state index in [1.54, 1.807) is 6.92 Å². The standard InChI is InChI=1S/C12H23NO2/c1-9-4-3-5-11(7-6-9)13-8-10(2)12(14)15/h9-11,13H,3-8H2,1-2H3,(H,14,15). The largest absolute Gasteiger partial charge is 0.481 e. The first-order valence-corrected chi connectivity index (χ1v) is 6.05. The van der Waals surface area contributed by atoms with E-state index in [1.165, 1.54) is 32.1 Å². The first-order valence-electron chi connectivity index (χ1n) is 6.05. The highest BCUT2D eigenvalue weighted by atomic mass is 16.4. The SMILES string of the molecule is CC1CCCC(NCC(C)C(=O)O)CC1. The molecule has 0 aromatic heterocycles. The van der Waals surface area contributed by atoms with E-state index < -0.39 is 5.97 Å². The van der Waals surface area contributed by atoms with Crippen LogP contribution in [0, 0.1) is 11.8 Å². The maximum Gasteiger partial charge on any atom is 0.307 e. The average molecular weight is 213 g/mol. The van der Waals surface area contributed by atoms with E-state index >= 15 is 0 Å². The lowest BCUT2D eigenvalue weighted by Gasteiger charge is -2.17. The number of aliphatic carboxylic acids is 1. The quantitative estimate of drug-likeness (QED) is 0.704. The second-order valence-electron chi connectivity index (χ2n) is 4.96. The molecular formula is C12H23NO2. The Kier molecular flexibility index (Phi) is 5.09. The Hall–Kier alpha value is -0.570. The predicted octanol–water partition coefficient (Wildman–Crippen LogP) is 2.27. The molecule has 0 amide bonds. The maximum absolute atomic E-state index is 10.7. The molecule has 0 saturated heterocycles. The Balaban J connectivity index is 2.23. The van der Waals surface area contributed by atoms with Gasteiger partial charge in [0, 0.05) is 12.6 Å². The van der Waals surface area contributed by atoms with Crippen molar-refractivity contribution in [1.82, 2.24) is 5.32 Å². The molecule has 3 heteroatoms. The van der Waals surface area contributed by atoms with Gasteiger partial charge in [-0.05, 0) is 25.2 Å². The van der Waals surface area contributed by atoms with Crippen molar-refractivity contribution in [3.8, 4) is 0 Å². The van der Waals surface area contributed by atoms with Crippen molar-refractivity contribution in [2.75, 3.05) is 6.54 Å². The predicted molar refractivity (Wildman–Crippen MR) is 60.8 cm³/mol. The van der Waals surface area contributed by atoms with Gasteiger partial charge in [-0.25, -0.2) is 0 Å². The molecule has 1 aliphatic carbocycles. The number of nitrogens with one attached hydrogen (secondary N) is 1. The summed E-state index contributed by atoms with van der Waals surface area (Å²) in [6.45, 7) is 4.67. The summed E-state index contributed by atoms with van der Waals surface area (Å²) in [7, 11) is 0. The first-order chi connectivity index (χ1) is 7.09. The number of hydrogen-bond acceptors (Lipinski definition) is 2. The summed E-state index contributed by atoms with van der Waals surface area (Å²) >= 11 is 0. The van der Waals surface area contributed by atoms with Gasteiger partial charge in [-0.1, -0.05) is 26.7 Å². The third kappa shape index (κ3) is 4.65. The topological polar surface area (TPSA) is 49.3 Å². The molecule has 0 bridgehead atoms. The van der Waals surface area contributed by atoms with Crippen LogP contribution in [0.15, 0.2) is 0 Å². The Morgan fingerprint density at radius 3 is 2.80 bits per heavy atom. The van der Waals surface area contributed by atoms with Crippen molar-refractivity contribution >= 4 is 5.97 Å². The van der Waals surface area contributed by atoms with Crippen LogP contribution in [0.3, 0.4) is 0 Å². The van der Waals surface area contributed by atoms with Gasteiger partial charge in [0.2, 0.25) is 0 Å². The fraction of sp³-hybridized carbons (Fsp3) is 0.917. The van der Waals surface area contributed by atoms with Gasteiger partial charge < -0.3 is 10.4 Å². The number of rotatable bonds is 4. The van der Waals surface area contributed by atoms with Crippen LogP contribution in [0.4, 0.5) is 0 Å². The monoisotopic (exact) mass is 213 g/mol. The number of carbonyl (C=O) groups is 1. The minimum absolute atomic E-state index is 0.273. The van der Waals surface area contributed by atoms with Crippen molar-refractivity contribution in [2.45, 2.75) is 52.0 Å². The van der Waals surface area contributed by atoms with Crippen LogP contribution in [0.1, 0.15) is 46.0 Å². The Labute approximate surface area is 92.3 Å². The molecule has 1 fully saturated rings. The van der Waals surface area contributed by atoms with Gasteiger partial charge >= 0.3 is 5.97 Å². The highest BCUT2D eigenvalue weighted by Crippen LogP contribution is 2.22. The zero-order valence-corrected chi connectivity index (χ0v) is 9.83. The zero-order valence-electron chi connectivity index (χ0n) is 9.83. The number of carboxylic acids is 1. The van der Waals surface area contributed by atoms with E-state index in [0.717, 1.165) is 5.92 Å². The molecule has 3 atom stereocenters.